The number of aromatic nitrogens is 2. The summed E-state index contributed by atoms with van der Waals surface area (Å²) >= 11 is 0. The number of piperidine rings is 1. The van der Waals surface area contributed by atoms with Crippen molar-refractivity contribution < 1.29 is 0 Å². The standard InChI is InChI=1S/C13H22N4/c1-3-17(9-12-4-6-14-7-5-12)13-8-11(2)15-10-16-13/h8,10,12,14H,3-7,9H2,1-2H3. The molecule has 0 aliphatic carbocycles. The zero-order valence-electron chi connectivity index (χ0n) is 10.8. The number of anilines is 1. The van der Waals surface area contributed by atoms with Gasteiger partial charge in [0.15, 0.2) is 0 Å². The fraction of sp³-hybridized carbons (Fsp3) is 0.692. The molecule has 2 rings (SSSR count). The molecule has 0 saturated carbocycles. The van der Waals surface area contributed by atoms with Crippen LogP contribution in [-0.2, 0) is 0 Å². The van der Waals surface area contributed by atoms with E-state index in [1.54, 1.807) is 6.33 Å². The zero-order chi connectivity index (χ0) is 12.1. The molecule has 1 saturated heterocycles. The van der Waals surface area contributed by atoms with E-state index in [0.717, 1.165) is 43.6 Å². The van der Waals surface area contributed by atoms with Gasteiger partial charge in [0.1, 0.15) is 12.1 Å². The minimum absolute atomic E-state index is 0.798. The van der Waals surface area contributed by atoms with Crippen LogP contribution >= 0.6 is 0 Å². The van der Waals surface area contributed by atoms with Gasteiger partial charge in [0, 0.05) is 24.8 Å². The van der Waals surface area contributed by atoms with Crippen molar-refractivity contribution in [3.8, 4) is 0 Å². The molecule has 0 atom stereocenters. The molecule has 1 aromatic rings. The van der Waals surface area contributed by atoms with E-state index in [0.29, 0.717) is 0 Å². The maximum Gasteiger partial charge on any atom is 0.132 e. The second-order valence-electron chi connectivity index (χ2n) is 4.75. The summed E-state index contributed by atoms with van der Waals surface area (Å²) < 4.78 is 0. The average Bonchev–Trinajstić information content (AvgIpc) is 2.37. The van der Waals surface area contributed by atoms with Crippen molar-refractivity contribution in [2.24, 2.45) is 5.92 Å². The van der Waals surface area contributed by atoms with Gasteiger partial charge < -0.3 is 10.2 Å². The minimum Gasteiger partial charge on any atom is -0.357 e. The van der Waals surface area contributed by atoms with Crippen LogP contribution in [0.5, 0.6) is 0 Å². The lowest BCUT2D eigenvalue weighted by molar-refractivity contribution is 0.374. The Labute approximate surface area is 103 Å². The van der Waals surface area contributed by atoms with Crippen molar-refractivity contribution in [1.29, 1.82) is 0 Å². The van der Waals surface area contributed by atoms with Crippen molar-refractivity contribution in [3.05, 3.63) is 18.1 Å². The summed E-state index contributed by atoms with van der Waals surface area (Å²) in [7, 11) is 0. The molecule has 1 aliphatic rings. The second-order valence-corrected chi connectivity index (χ2v) is 4.75. The van der Waals surface area contributed by atoms with Crippen LogP contribution in [0.2, 0.25) is 0 Å². The first-order chi connectivity index (χ1) is 8.29. The van der Waals surface area contributed by atoms with Gasteiger partial charge in [-0.3, -0.25) is 0 Å². The molecule has 17 heavy (non-hydrogen) atoms. The summed E-state index contributed by atoms with van der Waals surface area (Å²) in [5.74, 6) is 1.87. The summed E-state index contributed by atoms with van der Waals surface area (Å²) in [6.45, 7) is 8.66. The number of nitrogens with zero attached hydrogens (tertiary/aromatic N) is 3. The molecule has 94 valence electrons. The molecular formula is C13H22N4. The van der Waals surface area contributed by atoms with E-state index in [1.807, 2.05) is 6.92 Å². The summed E-state index contributed by atoms with van der Waals surface area (Å²) in [6, 6.07) is 2.07. The molecule has 1 N–H and O–H groups in total. The number of hydrogen-bond acceptors (Lipinski definition) is 4. The molecule has 0 aromatic carbocycles. The smallest absolute Gasteiger partial charge is 0.132 e. The molecule has 1 aromatic heterocycles. The van der Waals surface area contributed by atoms with Gasteiger partial charge in [0.05, 0.1) is 0 Å². The van der Waals surface area contributed by atoms with Crippen molar-refractivity contribution in [2.45, 2.75) is 26.7 Å². The van der Waals surface area contributed by atoms with Crippen molar-refractivity contribution in [1.82, 2.24) is 15.3 Å². The quantitative estimate of drug-likeness (QED) is 0.859. The molecule has 0 bridgehead atoms. The Kier molecular flexibility index (Phi) is 4.31. The Bertz CT molecular complexity index is 347. The molecule has 0 amide bonds. The van der Waals surface area contributed by atoms with Gasteiger partial charge in [0.25, 0.3) is 0 Å². The zero-order valence-corrected chi connectivity index (χ0v) is 10.8. The van der Waals surface area contributed by atoms with Crippen molar-refractivity contribution >= 4 is 5.82 Å². The largest absolute Gasteiger partial charge is 0.357 e. The minimum atomic E-state index is 0.798. The third-order valence-corrected chi connectivity index (χ3v) is 3.43. The SMILES string of the molecule is CCN(CC1CCNCC1)c1cc(C)ncn1. The Morgan fingerprint density at radius 3 is 2.76 bits per heavy atom. The number of aryl methyl sites for hydroxylation is 1. The van der Waals surface area contributed by atoms with E-state index in [1.165, 1.54) is 12.8 Å². The van der Waals surface area contributed by atoms with Crippen LogP contribution < -0.4 is 10.2 Å². The van der Waals surface area contributed by atoms with Gasteiger partial charge >= 0.3 is 0 Å². The lowest BCUT2D eigenvalue weighted by Gasteiger charge is -2.30. The number of rotatable bonds is 4. The molecule has 2 heterocycles. The Morgan fingerprint density at radius 2 is 2.12 bits per heavy atom. The van der Waals surface area contributed by atoms with E-state index >= 15 is 0 Å². The van der Waals surface area contributed by atoms with Gasteiger partial charge in [-0.1, -0.05) is 0 Å². The fourth-order valence-electron chi connectivity index (χ4n) is 2.37. The molecule has 0 spiro atoms. The normalized spacial score (nSPS) is 17.1. The third kappa shape index (κ3) is 3.40. The summed E-state index contributed by atoms with van der Waals surface area (Å²) in [6.07, 6.45) is 4.22. The van der Waals surface area contributed by atoms with Gasteiger partial charge in [-0.25, -0.2) is 9.97 Å². The molecule has 4 nitrogen and oxygen atoms in total. The first kappa shape index (κ1) is 12.3. The number of nitrogens with one attached hydrogen (secondary N) is 1. The predicted octanol–water partition coefficient (Wildman–Crippen LogP) is 1.61. The predicted molar refractivity (Wildman–Crippen MR) is 70.2 cm³/mol. The Morgan fingerprint density at radius 1 is 1.35 bits per heavy atom. The molecular weight excluding hydrogens is 212 g/mol. The van der Waals surface area contributed by atoms with Crippen LogP contribution in [0.1, 0.15) is 25.5 Å². The van der Waals surface area contributed by atoms with Gasteiger partial charge in [-0.2, -0.15) is 0 Å². The molecule has 0 radical (unpaired) electrons. The van der Waals surface area contributed by atoms with E-state index in [9.17, 15) is 0 Å². The lowest BCUT2D eigenvalue weighted by Crippen LogP contribution is -2.36. The molecule has 1 fully saturated rings. The first-order valence-electron chi connectivity index (χ1n) is 6.54. The maximum atomic E-state index is 4.38. The van der Waals surface area contributed by atoms with E-state index in [-0.39, 0.29) is 0 Å². The first-order valence-corrected chi connectivity index (χ1v) is 6.54. The summed E-state index contributed by atoms with van der Waals surface area (Å²) in [5.41, 5.74) is 1.04. The lowest BCUT2D eigenvalue weighted by atomic mass is 9.97. The summed E-state index contributed by atoms with van der Waals surface area (Å²) in [4.78, 5) is 10.9. The van der Waals surface area contributed by atoms with Crippen LogP contribution in [0.3, 0.4) is 0 Å². The fourth-order valence-corrected chi connectivity index (χ4v) is 2.37. The van der Waals surface area contributed by atoms with E-state index in [4.69, 9.17) is 0 Å². The van der Waals surface area contributed by atoms with Crippen LogP contribution in [0, 0.1) is 12.8 Å². The van der Waals surface area contributed by atoms with Crippen LogP contribution in [0.4, 0.5) is 5.82 Å². The van der Waals surface area contributed by atoms with Gasteiger partial charge in [0.2, 0.25) is 0 Å². The Balaban J connectivity index is 2.00. The topological polar surface area (TPSA) is 41.0 Å². The van der Waals surface area contributed by atoms with Crippen LogP contribution in [0.15, 0.2) is 12.4 Å². The van der Waals surface area contributed by atoms with Gasteiger partial charge in [-0.05, 0) is 45.7 Å². The highest BCUT2D eigenvalue weighted by atomic mass is 15.2. The van der Waals surface area contributed by atoms with Crippen molar-refractivity contribution in [3.63, 3.8) is 0 Å². The molecule has 1 aliphatic heterocycles. The average molecular weight is 234 g/mol. The van der Waals surface area contributed by atoms with Crippen LogP contribution in [-0.4, -0.2) is 36.1 Å². The highest BCUT2D eigenvalue weighted by molar-refractivity contribution is 5.38. The highest BCUT2D eigenvalue weighted by Gasteiger charge is 2.17. The van der Waals surface area contributed by atoms with E-state index < -0.39 is 0 Å². The van der Waals surface area contributed by atoms with Crippen LogP contribution in [0.25, 0.3) is 0 Å². The highest BCUT2D eigenvalue weighted by Crippen LogP contribution is 2.17. The Hall–Kier alpha value is -1.16. The second kappa shape index (κ2) is 5.96. The van der Waals surface area contributed by atoms with Crippen molar-refractivity contribution in [2.75, 3.05) is 31.1 Å². The monoisotopic (exact) mass is 234 g/mol. The molecule has 0 unspecified atom stereocenters. The van der Waals surface area contributed by atoms with E-state index in [2.05, 4.69) is 33.2 Å². The van der Waals surface area contributed by atoms with Gasteiger partial charge in [-0.15, -0.1) is 0 Å². The molecule has 4 heteroatoms. The summed E-state index contributed by atoms with van der Waals surface area (Å²) in [5, 5.41) is 3.41. The third-order valence-electron chi connectivity index (χ3n) is 3.43. The number of hydrogen-bond donors (Lipinski definition) is 1. The maximum absolute atomic E-state index is 4.38.